The molecule has 8 nitrogen and oxygen atoms in total. The average Bonchev–Trinajstić information content (AvgIpc) is 3.39. The fourth-order valence-electron chi connectivity index (χ4n) is 4.45. The molecular formula is C30H29N5O3. The van der Waals surface area contributed by atoms with E-state index >= 15 is 0 Å². The van der Waals surface area contributed by atoms with E-state index in [9.17, 15) is 9.90 Å². The Kier molecular flexibility index (Phi) is 7.42. The number of aliphatic hydroxyl groups is 1. The molecule has 8 heteroatoms. The van der Waals surface area contributed by atoms with E-state index < -0.39 is 0 Å². The van der Waals surface area contributed by atoms with Crippen LogP contribution in [0.3, 0.4) is 0 Å². The highest BCUT2D eigenvalue weighted by molar-refractivity contribution is 5.94. The molecule has 0 saturated carbocycles. The molecule has 3 aromatic carbocycles. The second-order valence-corrected chi connectivity index (χ2v) is 9.18. The Bertz CT molecular complexity index is 1580. The minimum absolute atomic E-state index is 0.00369. The number of anilines is 1. The van der Waals surface area contributed by atoms with Crippen LogP contribution in [0.1, 0.15) is 28.5 Å². The van der Waals surface area contributed by atoms with Gasteiger partial charge in [-0.2, -0.15) is 0 Å². The highest BCUT2D eigenvalue weighted by atomic mass is 16.5. The van der Waals surface area contributed by atoms with Gasteiger partial charge in [-0.25, -0.2) is 15.0 Å². The third-order valence-electron chi connectivity index (χ3n) is 6.44. The van der Waals surface area contributed by atoms with Gasteiger partial charge >= 0.3 is 0 Å². The first-order chi connectivity index (χ1) is 18.5. The summed E-state index contributed by atoms with van der Waals surface area (Å²) in [6, 6.07) is 21.4. The smallest absolute Gasteiger partial charge is 0.223 e. The van der Waals surface area contributed by atoms with Gasteiger partial charge in [0.05, 0.1) is 44.0 Å². The molecule has 0 saturated heterocycles. The molecule has 0 aliphatic rings. The number of ether oxygens (including phenoxy) is 1. The molecule has 0 bridgehead atoms. The van der Waals surface area contributed by atoms with Crippen LogP contribution < -0.4 is 10.1 Å². The van der Waals surface area contributed by atoms with Crippen LogP contribution in [0.4, 0.5) is 5.95 Å². The standard InChI is InChI=1S/C30H29N5O3/c1-20(37)22-9-10-29(38-2)25(13-22)16-35-17-26(32-19-35)15-27(18-36)33-30-31-12-11-28(34-30)24-8-7-21-5-3-4-6-23(21)14-24/h3-14,17,19,27,36H,15-16,18H2,1-2H3,(H,31,33,34)/t27-/m0/s1. The maximum absolute atomic E-state index is 11.8. The maximum atomic E-state index is 11.8. The lowest BCUT2D eigenvalue weighted by Crippen LogP contribution is -2.27. The zero-order valence-electron chi connectivity index (χ0n) is 21.3. The van der Waals surface area contributed by atoms with E-state index in [-0.39, 0.29) is 18.4 Å². The molecule has 0 amide bonds. The molecule has 0 aliphatic carbocycles. The van der Waals surface area contributed by atoms with Gasteiger partial charge < -0.3 is 19.7 Å². The van der Waals surface area contributed by atoms with Crippen molar-refractivity contribution in [3.05, 3.63) is 102 Å². The van der Waals surface area contributed by atoms with Gasteiger partial charge in [-0.1, -0.05) is 36.4 Å². The van der Waals surface area contributed by atoms with Crippen molar-refractivity contribution in [3.8, 4) is 17.0 Å². The van der Waals surface area contributed by atoms with Gasteiger partial charge in [0.1, 0.15) is 5.75 Å². The van der Waals surface area contributed by atoms with Crippen LogP contribution in [-0.2, 0) is 13.0 Å². The number of aromatic nitrogens is 4. The van der Waals surface area contributed by atoms with Gasteiger partial charge in [0.2, 0.25) is 5.95 Å². The topological polar surface area (TPSA) is 102 Å². The molecule has 38 heavy (non-hydrogen) atoms. The lowest BCUT2D eigenvalue weighted by molar-refractivity contribution is 0.101. The molecule has 1 atom stereocenters. The normalized spacial score (nSPS) is 11.9. The van der Waals surface area contributed by atoms with Gasteiger partial charge in [-0.15, -0.1) is 0 Å². The van der Waals surface area contributed by atoms with Crippen LogP contribution in [0.5, 0.6) is 5.75 Å². The molecule has 0 spiro atoms. The molecule has 5 aromatic rings. The molecule has 0 radical (unpaired) electrons. The monoisotopic (exact) mass is 507 g/mol. The molecule has 0 unspecified atom stereocenters. The molecule has 0 fully saturated rings. The number of methoxy groups -OCH3 is 1. The first-order valence-corrected chi connectivity index (χ1v) is 12.4. The van der Waals surface area contributed by atoms with Crippen LogP contribution in [0.2, 0.25) is 0 Å². The van der Waals surface area contributed by atoms with Crippen molar-refractivity contribution in [2.75, 3.05) is 19.0 Å². The summed E-state index contributed by atoms with van der Waals surface area (Å²) in [5.74, 6) is 1.16. The Morgan fingerprint density at radius 1 is 1.05 bits per heavy atom. The van der Waals surface area contributed by atoms with E-state index in [0.29, 0.717) is 30.2 Å². The number of nitrogens with zero attached hydrogens (tertiary/aromatic N) is 4. The predicted molar refractivity (Wildman–Crippen MR) is 148 cm³/mol. The number of hydrogen-bond acceptors (Lipinski definition) is 7. The number of fused-ring (bicyclic) bond motifs is 1. The van der Waals surface area contributed by atoms with Crippen molar-refractivity contribution >= 4 is 22.5 Å². The number of benzene rings is 3. The van der Waals surface area contributed by atoms with Crippen molar-refractivity contribution in [3.63, 3.8) is 0 Å². The van der Waals surface area contributed by atoms with Crippen molar-refractivity contribution in [2.24, 2.45) is 0 Å². The number of aliphatic hydroxyl groups excluding tert-OH is 1. The summed E-state index contributed by atoms with van der Waals surface area (Å²) in [6.45, 7) is 1.94. The van der Waals surface area contributed by atoms with E-state index in [2.05, 4.69) is 44.5 Å². The van der Waals surface area contributed by atoms with Crippen molar-refractivity contribution in [1.29, 1.82) is 0 Å². The minimum Gasteiger partial charge on any atom is -0.496 e. The average molecular weight is 508 g/mol. The van der Waals surface area contributed by atoms with Gasteiger partial charge in [0.25, 0.3) is 0 Å². The molecule has 2 aromatic heterocycles. The van der Waals surface area contributed by atoms with Crippen LogP contribution in [0.15, 0.2) is 85.5 Å². The number of hydrogen-bond donors (Lipinski definition) is 2. The van der Waals surface area contributed by atoms with Crippen molar-refractivity contribution in [1.82, 2.24) is 19.5 Å². The van der Waals surface area contributed by atoms with Crippen molar-refractivity contribution in [2.45, 2.75) is 25.9 Å². The van der Waals surface area contributed by atoms with Crippen LogP contribution in [0.25, 0.3) is 22.0 Å². The van der Waals surface area contributed by atoms with Gasteiger partial charge in [0.15, 0.2) is 5.78 Å². The summed E-state index contributed by atoms with van der Waals surface area (Å²) in [5.41, 5.74) is 4.13. The number of imidazole rings is 1. The summed E-state index contributed by atoms with van der Waals surface area (Å²) < 4.78 is 7.40. The summed E-state index contributed by atoms with van der Waals surface area (Å²) in [5, 5.41) is 15.6. The lowest BCUT2D eigenvalue weighted by atomic mass is 10.1. The number of nitrogens with one attached hydrogen (secondary N) is 1. The summed E-state index contributed by atoms with van der Waals surface area (Å²) in [6.07, 6.45) is 5.86. The van der Waals surface area contributed by atoms with Gasteiger partial charge in [-0.05, 0) is 48.0 Å². The highest BCUT2D eigenvalue weighted by Crippen LogP contribution is 2.24. The van der Waals surface area contributed by atoms with Crippen LogP contribution >= 0.6 is 0 Å². The number of carbonyl (C=O) groups is 1. The van der Waals surface area contributed by atoms with Crippen molar-refractivity contribution < 1.29 is 14.6 Å². The SMILES string of the molecule is COc1ccc(C(C)=O)cc1Cn1cnc(C[C@@H](CO)Nc2nccc(-c3ccc4ccccc4c3)n2)c1. The van der Waals surface area contributed by atoms with Gasteiger partial charge in [0, 0.05) is 35.5 Å². The fraction of sp³-hybridized carbons (Fsp3) is 0.200. The number of Topliss-reactive ketones (excluding diaryl/α,β-unsaturated/α-hetero) is 1. The molecule has 2 heterocycles. The molecule has 192 valence electrons. The molecule has 5 rings (SSSR count). The zero-order valence-corrected chi connectivity index (χ0v) is 21.3. The molecule has 2 N–H and O–H groups in total. The number of ketones is 1. The predicted octanol–water partition coefficient (Wildman–Crippen LogP) is 4.77. The van der Waals surface area contributed by atoms with Crippen LogP contribution in [-0.4, -0.2) is 50.2 Å². The quantitative estimate of drug-likeness (QED) is 0.263. The zero-order chi connectivity index (χ0) is 26.5. The van der Waals surface area contributed by atoms with E-state index in [1.807, 2.05) is 47.2 Å². The minimum atomic E-state index is -0.319. The molecular weight excluding hydrogens is 478 g/mol. The van der Waals surface area contributed by atoms with E-state index in [0.717, 1.165) is 27.9 Å². The maximum Gasteiger partial charge on any atom is 0.223 e. The second kappa shape index (κ2) is 11.2. The van der Waals surface area contributed by atoms with E-state index in [4.69, 9.17) is 4.74 Å². The largest absolute Gasteiger partial charge is 0.496 e. The first-order valence-electron chi connectivity index (χ1n) is 12.4. The summed E-state index contributed by atoms with van der Waals surface area (Å²) >= 11 is 0. The number of rotatable bonds is 10. The lowest BCUT2D eigenvalue weighted by Gasteiger charge is -2.15. The third-order valence-corrected chi connectivity index (χ3v) is 6.44. The number of carbonyl (C=O) groups excluding carboxylic acids is 1. The third kappa shape index (κ3) is 5.71. The van der Waals surface area contributed by atoms with Crippen LogP contribution in [0, 0.1) is 0 Å². The van der Waals surface area contributed by atoms with Gasteiger partial charge in [-0.3, -0.25) is 4.79 Å². The Labute approximate surface area is 221 Å². The van der Waals surface area contributed by atoms with E-state index in [1.54, 1.807) is 32.6 Å². The first kappa shape index (κ1) is 25.1. The summed E-state index contributed by atoms with van der Waals surface area (Å²) in [4.78, 5) is 25.4. The Balaban J connectivity index is 1.28. The fourth-order valence-corrected chi connectivity index (χ4v) is 4.45. The second-order valence-electron chi connectivity index (χ2n) is 9.18. The summed E-state index contributed by atoms with van der Waals surface area (Å²) in [7, 11) is 1.61. The molecule has 0 aliphatic heterocycles. The Morgan fingerprint density at radius 2 is 1.89 bits per heavy atom. The Hall–Kier alpha value is -4.56. The highest BCUT2D eigenvalue weighted by Gasteiger charge is 2.14. The van der Waals surface area contributed by atoms with E-state index in [1.165, 1.54) is 5.39 Å². The Morgan fingerprint density at radius 3 is 2.68 bits per heavy atom.